The molecule has 180 valence electrons. The molecule has 0 unspecified atom stereocenters. The molecule has 3 heteroatoms. The van der Waals surface area contributed by atoms with Gasteiger partial charge in [0, 0.05) is 25.1 Å². The summed E-state index contributed by atoms with van der Waals surface area (Å²) >= 11 is 0. The summed E-state index contributed by atoms with van der Waals surface area (Å²) in [7, 11) is 0. The smallest absolute Gasteiger partial charge is 0.162 e. The van der Waals surface area contributed by atoms with Crippen LogP contribution in [0.25, 0.3) is 17.7 Å². The Morgan fingerprint density at radius 1 is 0.800 bits per heavy atom. The molecule has 35 heavy (non-hydrogen) atoms. The lowest BCUT2D eigenvalue weighted by atomic mass is 9.86. The van der Waals surface area contributed by atoms with E-state index in [1.54, 1.807) is 5.57 Å². The zero-order valence-corrected chi connectivity index (χ0v) is 21.5. The Bertz CT molecular complexity index is 1220. The van der Waals surface area contributed by atoms with Crippen LogP contribution in [-0.2, 0) is 0 Å². The van der Waals surface area contributed by atoms with Crippen molar-refractivity contribution >= 4 is 35.9 Å². The van der Waals surface area contributed by atoms with E-state index in [1.165, 1.54) is 39.0 Å². The molecule has 1 fully saturated rings. The van der Waals surface area contributed by atoms with Crippen molar-refractivity contribution in [1.82, 2.24) is 4.90 Å². The average molecular weight is 484 g/mol. The number of Topliss-reactive ketones (excluding diaryl/α,β-unsaturated/α-hetero) is 1. The van der Waals surface area contributed by atoms with Gasteiger partial charge in [-0.3, -0.25) is 4.79 Å². The van der Waals surface area contributed by atoms with E-state index in [-0.39, 0.29) is 18.2 Å². The SMILES string of the molecule is Cc1ccc(C(=O)CCCN2CCC(=C3c4ccccc4C=Cc4ccccc43)CC2)cc1C.Cl. The van der Waals surface area contributed by atoms with E-state index in [2.05, 4.69) is 85.5 Å². The van der Waals surface area contributed by atoms with Crippen LogP contribution in [-0.4, -0.2) is 30.3 Å². The fraction of sp³-hybridized carbons (Fsp3) is 0.281. The van der Waals surface area contributed by atoms with Crippen LogP contribution in [0.3, 0.4) is 0 Å². The number of rotatable bonds is 5. The number of likely N-dealkylation sites (tertiary alicyclic amines) is 1. The number of carbonyl (C=O) groups excluding carboxylic acids is 1. The molecular weight excluding hydrogens is 450 g/mol. The van der Waals surface area contributed by atoms with Gasteiger partial charge in [0.25, 0.3) is 0 Å². The largest absolute Gasteiger partial charge is 0.303 e. The summed E-state index contributed by atoms with van der Waals surface area (Å²) in [5, 5.41) is 0. The molecular formula is C32H34ClNO. The van der Waals surface area contributed by atoms with Crippen molar-refractivity contribution in [3.63, 3.8) is 0 Å². The van der Waals surface area contributed by atoms with Gasteiger partial charge in [-0.05, 0) is 84.7 Å². The lowest BCUT2D eigenvalue weighted by Crippen LogP contribution is -2.32. The molecule has 1 aliphatic carbocycles. The van der Waals surface area contributed by atoms with E-state index in [0.717, 1.165) is 44.5 Å². The number of benzene rings is 3. The second-order valence-electron chi connectivity index (χ2n) is 9.65. The second-order valence-corrected chi connectivity index (χ2v) is 9.65. The zero-order valence-electron chi connectivity index (χ0n) is 20.7. The monoisotopic (exact) mass is 483 g/mol. The lowest BCUT2D eigenvalue weighted by molar-refractivity contribution is 0.0974. The molecule has 0 spiro atoms. The fourth-order valence-electron chi connectivity index (χ4n) is 5.26. The Morgan fingerprint density at radius 2 is 1.40 bits per heavy atom. The molecule has 0 N–H and O–H groups in total. The van der Waals surface area contributed by atoms with Crippen LogP contribution in [0.4, 0.5) is 0 Å². The molecule has 2 aliphatic rings. The molecule has 0 bridgehead atoms. The van der Waals surface area contributed by atoms with Crippen LogP contribution in [0.2, 0.25) is 0 Å². The standard InChI is InChI=1S/C32H33NO.ClH/c1-23-13-14-28(22-24(23)2)31(34)12-7-19-33-20-17-27(18-21-33)32-29-10-5-3-8-25(29)15-16-26-9-4-6-11-30(26)32;/h3-6,8-11,13-16,22H,7,12,17-21H2,1-2H3;1H. The van der Waals surface area contributed by atoms with Crippen LogP contribution in [0, 0.1) is 13.8 Å². The van der Waals surface area contributed by atoms with E-state index in [9.17, 15) is 4.79 Å². The maximum atomic E-state index is 12.6. The number of hydrogen-bond donors (Lipinski definition) is 0. The number of piperidine rings is 1. The predicted octanol–water partition coefficient (Wildman–Crippen LogP) is 7.77. The summed E-state index contributed by atoms with van der Waals surface area (Å²) in [4.78, 5) is 15.2. The molecule has 0 saturated carbocycles. The van der Waals surface area contributed by atoms with Gasteiger partial charge < -0.3 is 4.90 Å². The number of ketones is 1. The third-order valence-electron chi connectivity index (χ3n) is 7.42. The van der Waals surface area contributed by atoms with E-state index >= 15 is 0 Å². The molecule has 0 radical (unpaired) electrons. The molecule has 2 nitrogen and oxygen atoms in total. The molecule has 0 amide bonds. The highest BCUT2D eigenvalue weighted by molar-refractivity contribution is 5.96. The Hall–Kier alpha value is -2.94. The van der Waals surface area contributed by atoms with Crippen molar-refractivity contribution < 1.29 is 4.79 Å². The Balaban J connectivity index is 0.00000289. The van der Waals surface area contributed by atoms with Crippen LogP contribution in [0.5, 0.6) is 0 Å². The predicted molar refractivity (Wildman–Crippen MR) is 150 cm³/mol. The van der Waals surface area contributed by atoms with Crippen molar-refractivity contribution in [1.29, 1.82) is 0 Å². The van der Waals surface area contributed by atoms with Crippen LogP contribution in [0.15, 0.2) is 72.3 Å². The second kappa shape index (κ2) is 11.2. The van der Waals surface area contributed by atoms with Crippen molar-refractivity contribution in [2.24, 2.45) is 0 Å². The van der Waals surface area contributed by atoms with Gasteiger partial charge in [-0.15, -0.1) is 12.4 Å². The molecule has 1 saturated heterocycles. The van der Waals surface area contributed by atoms with Gasteiger partial charge in [-0.25, -0.2) is 0 Å². The van der Waals surface area contributed by atoms with E-state index < -0.39 is 0 Å². The van der Waals surface area contributed by atoms with Crippen molar-refractivity contribution in [2.45, 2.75) is 39.5 Å². The zero-order chi connectivity index (χ0) is 23.5. The molecule has 3 aromatic carbocycles. The van der Waals surface area contributed by atoms with Crippen LogP contribution < -0.4 is 0 Å². The van der Waals surface area contributed by atoms with Gasteiger partial charge in [0.1, 0.15) is 0 Å². The molecule has 0 aromatic heterocycles. The summed E-state index contributed by atoms with van der Waals surface area (Å²) < 4.78 is 0. The third kappa shape index (κ3) is 5.50. The average Bonchev–Trinajstić information content (AvgIpc) is 3.03. The number of halogens is 1. The van der Waals surface area contributed by atoms with Crippen molar-refractivity contribution in [3.05, 3.63) is 111 Å². The van der Waals surface area contributed by atoms with Crippen molar-refractivity contribution in [2.75, 3.05) is 19.6 Å². The summed E-state index contributed by atoms with van der Waals surface area (Å²) in [5.41, 5.74) is 11.6. The van der Waals surface area contributed by atoms with Gasteiger partial charge in [-0.1, -0.05) is 78.4 Å². The van der Waals surface area contributed by atoms with Gasteiger partial charge in [0.05, 0.1) is 0 Å². The minimum Gasteiger partial charge on any atom is -0.303 e. The summed E-state index contributed by atoms with van der Waals surface area (Å²) in [6.45, 7) is 7.29. The quantitative estimate of drug-likeness (QED) is 0.270. The van der Waals surface area contributed by atoms with Crippen LogP contribution in [0.1, 0.15) is 69.4 Å². The highest BCUT2D eigenvalue weighted by Gasteiger charge is 2.22. The number of fused-ring (bicyclic) bond motifs is 2. The van der Waals surface area contributed by atoms with Gasteiger partial charge in [0.15, 0.2) is 5.78 Å². The Kier molecular flexibility index (Phi) is 8.05. The van der Waals surface area contributed by atoms with Gasteiger partial charge in [0.2, 0.25) is 0 Å². The fourth-order valence-corrected chi connectivity index (χ4v) is 5.26. The van der Waals surface area contributed by atoms with E-state index in [4.69, 9.17) is 0 Å². The molecule has 5 rings (SSSR count). The normalized spacial score (nSPS) is 15.1. The number of nitrogens with zero attached hydrogens (tertiary/aromatic N) is 1. The first kappa shape index (κ1) is 25.2. The maximum absolute atomic E-state index is 12.6. The maximum Gasteiger partial charge on any atom is 0.162 e. The highest BCUT2D eigenvalue weighted by atomic mass is 35.5. The first-order chi connectivity index (χ1) is 16.6. The van der Waals surface area contributed by atoms with Crippen molar-refractivity contribution in [3.8, 4) is 0 Å². The molecule has 3 aromatic rings. The minimum atomic E-state index is 0. The lowest BCUT2D eigenvalue weighted by Gasteiger charge is -2.30. The van der Waals surface area contributed by atoms with Gasteiger partial charge in [-0.2, -0.15) is 0 Å². The Labute approximate surface area is 215 Å². The number of aryl methyl sites for hydroxylation is 2. The molecule has 1 aliphatic heterocycles. The Morgan fingerprint density at radius 3 is 2.00 bits per heavy atom. The first-order valence-corrected chi connectivity index (χ1v) is 12.5. The first-order valence-electron chi connectivity index (χ1n) is 12.5. The molecule has 1 heterocycles. The summed E-state index contributed by atoms with van der Waals surface area (Å²) in [6, 6.07) is 23.6. The van der Waals surface area contributed by atoms with Gasteiger partial charge >= 0.3 is 0 Å². The number of hydrogen-bond acceptors (Lipinski definition) is 2. The minimum absolute atomic E-state index is 0. The third-order valence-corrected chi connectivity index (χ3v) is 7.42. The summed E-state index contributed by atoms with van der Waals surface area (Å²) in [6.07, 6.45) is 8.23. The van der Waals surface area contributed by atoms with E-state index in [1.807, 2.05) is 12.1 Å². The van der Waals surface area contributed by atoms with E-state index in [0.29, 0.717) is 6.42 Å². The summed E-state index contributed by atoms with van der Waals surface area (Å²) in [5.74, 6) is 0.266. The highest BCUT2D eigenvalue weighted by Crippen LogP contribution is 2.38. The molecule has 0 atom stereocenters. The number of carbonyl (C=O) groups is 1. The topological polar surface area (TPSA) is 20.3 Å². The van der Waals surface area contributed by atoms with Crippen LogP contribution >= 0.6 is 12.4 Å².